The molecular weight excluding hydrogens is 238 g/mol. The van der Waals surface area contributed by atoms with E-state index in [-0.39, 0.29) is 11.3 Å². The Hall–Kier alpha value is -0.880. The SMILES string of the molecule is Cc1nn(C)cc1CNC1(C)CCS(=O)(=O)C1. The molecule has 1 saturated heterocycles. The highest BCUT2D eigenvalue weighted by molar-refractivity contribution is 7.91. The van der Waals surface area contributed by atoms with Gasteiger partial charge in [-0.3, -0.25) is 4.68 Å². The van der Waals surface area contributed by atoms with E-state index in [9.17, 15) is 8.42 Å². The first-order chi connectivity index (χ1) is 7.80. The molecule has 1 fully saturated rings. The van der Waals surface area contributed by atoms with Gasteiger partial charge >= 0.3 is 0 Å². The summed E-state index contributed by atoms with van der Waals surface area (Å²) in [6, 6.07) is 0. The van der Waals surface area contributed by atoms with Gasteiger partial charge in [0, 0.05) is 30.9 Å². The van der Waals surface area contributed by atoms with Gasteiger partial charge in [0.2, 0.25) is 0 Å². The van der Waals surface area contributed by atoms with Crippen molar-refractivity contribution >= 4 is 9.84 Å². The Morgan fingerprint density at radius 1 is 1.59 bits per heavy atom. The summed E-state index contributed by atoms with van der Waals surface area (Å²) in [7, 11) is -0.959. The molecule has 5 nitrogen and oxygen atoms in total. The molecule has 1 atom stereocenters. The van der Waals surface area contributed by atoms with Crippen LogP contribution >= 0.6 is 0 Å². The van der Waals surface area contributed by atoms with Gasteiger partial charge in [-0.1, -0.05) is 0 Å². The van der Waals surface area contributed by atoms with E-state index in [0.717, 1.165) is 11.3 Å². The lowest BCUT2D eigenvalue weighted by Crippen LogP contribution is -2.42. The first-order valence-electron chi connectivity index (χ1n) is 5.74. The van der Waals surface area contributed by atoms with Crippen LogP contribution in [0.2, 0.25) is 0 Å². The molecule has 1 N–H and O–H groups in total. The molecule has 6 heteroatoms. The number of hydrogen-bond donors (Lipinski definition) is 1. The number of sulfone groups is 1. The zero-order valence-electron chi connectivity index (χ0n) is 10.5. The van der Waals surface area contributed by atoms with Crippen LogP contribution in [0.4, 0.5) is 0 Å². The first kappa shape index (κ1) is 12.6. The minimum absolute atomic E-state index is 0.235. The van der Waals surface area contributed by atoms with Crippen molar-refractivity contribution in [1.29, 1.82) is 0 Å². The zero-order chi connectivity index (χ0) is 12.7. The van der Waals surface area contributed by atoms with E-state index in [4.69, 9.17) is 0 Å². The summed E-state index contributed by atoms with van der Waals surface area (Å²) in [5.41, 5.74) is 1.82. The molecule has 0 spiro atoms. The van der Waals surface area contributed by atoms with Gasteiger partial charge in [-0.05, 0) is 20.3 Å². The van der Waals surface area contributed by atoms with Gasteiger partial charge in [0.25, 0.3) is 0 Å². The first-order valence-corrected chi connectivity index (χ1v) is 7.56. The zero-order valence-corrected chi connectivity index (χ0v) is 11.3. The van der Waals surface area contributed by atoms with E-state index in [1.807, 2.05) is 27.1 Å². The molecular formula is C11H19N3O2S. The molecule has 1 aromatic heterocycles. The summed E-state index contributed by atoms with van der Waals surface area (Å²) in [6.45, 7) is 4.61. The summed E-state index contributed by atoms with van der Waals surface area (Å²) in [6.07, 6.45) is 2.66. The van der Waals surface area contributed by atoms with Gasteiger partial charge in [0.1, 0.15) is 0 Å². The molecule has 0 bridgehead atoms. The third-order valence-electron chi connectivity index (χ3n) is 3.32. The maximum absolute atomic E-state index is 11.5. The highest BCUT2D eigenvalue weighted by Crippen LogP contribution is 2.23. The highest BCUT2D eigenvalue weighted by atomic mass is 32.2. The van der Waals surface area contributed by atoms with Gasteiger partial charge in [0.15, 0.2) is 9.84 Å². The number of hydrogen-bond acceptors (Lipinski definition) is 4. The molecule has 0 amide bonds. The maximum Gasteiger partial charge on any atom is 0.152 e. The molecule has 2 rings (SSSR count). The van der Waals surface area contributed by atoms with Crippen LogP contribution in [-0.4, -0.2) is 35.2 Å². The lowest BCUT2D eigenvalue weighted by atomic mass is 10.0. The van der Waals surface area contributed by atoms with Crippen molar-refractivity contribution in [1.82, 2.24) is 15.1 Å². The van der Waals surface area contributed by atoms with Gasteiger partial charge < -0.3 is 5.32 Å². The number of aryl methyl sites for hydroxylation is 2. The van der Waals surface area contributed by atoms with Gasteiger partial charge in [-0.15, -0.1) is 0 Å². The van der Waals surface area contributed by atoms with E-state index in [2.05, 4.69) is 10.4 Å². The number of nitrogens with one attached hydrogen (secondary N) is 1. The largest absolute Gasteiger partial charge is 0.306 e. The molecule has 1 aliphatic heterocycles. The summed E-state index contributed by atoms with van der Waals surface area (Å²) >= 11 is 0. The van der Waals surface area contributed by atoms with Gasteiger partial charge in [-0.25, -0.2) is 8.42 Å². The Balaban J connectivity index is 2.01. The van der Waals surface area contributed by atoms with Crippen LogP contribution < -0.4 is 5.32 Å². The van der Waals surface area contributed by atoms with Crippen LogP contribution in [0.15, 0.2) is 6.20 Å². The lowest BCUT2D eigenvalue weighted by molar-refractivity contribution is 0.395. The molecule has 1 aromatic rings. The van der Waals surface area contributed by atoms with Crippen LogP contribution in [-0.2, 0) is 23.4 Å². The van der Waals surface area contributed by atoms with Crippen LogP contribution in [0.25, 0.3) is 0 Å². The van der Waals surface area contributed by atoms with Crippen molar-refractivity contribution in [2.24, 2.45) is 7.05 Å². The molecule has 2 heterocycles. The molecule has 0 aromatic carbocycles. The van der Waals surface area contributed by atoms with E-state index >= 15 is 0 Å². The topological polar surface area (TPSA) is 64.0 Å². The van der Waals surface area contributed by atoms with Crippen LogP contribution in [0.3, 0.4) is 0 Å². The smallest absolute Gasteiger partial charge is 0.152 e. The van der Waals surface area contributed by atoms with Crippen molar-refractivity contribution in [2.75, 3.05) is 11.5 Å². The van der Waals surface area contributed by atoms with Gasteiger partial charge in [-0.2, -0.15) is 5.10 Å². The fraction of sp³-hybridized carbons (Fsp3) is 0.727. The summed E-state index contributed by atoms with van der Waals surface area (Å²) in [5.74, 6) is 0.530. The molecule has 17 heavy (non-hydrogen) atoms. The van der Waals surface area contributed by atoms with Crippen LogP contribution in [0.1, 0.15) is 24.6 Å². The summed E-state index contributed by atoms with van der Waals surface area (Å²) in [4.78, 5) is 0. The Kier molecular flexibility index (Phi) is 3.03. The highest BCUT2D eigenvalue weighted by Gasteiger charge is 2.37. The van der Waals surface area contributed by atoms with Crippen LogP contribution in [0.5, 0.6) is 0 Å². The van der Waals surface area contributed by atoms with Crippen molar-refractivity contribution in [3.63, 3.8) is 0 Å². The Labute approximate surface area is 102 Å². The van der Waals surface area contributed by atoms with E-state index in [0.29, 0.717) is 18.7 Å². The van der Waals surface area contributed by atoms with Crippen LogP contribution in [0, 0.1) is 6.92 Å². The third-order valence-corrected chi connectivity index (χ3v) is 5.23. The van der Waals surface area contributed by atoms with E-state index in [1.54, 1.807) is 4.68 Å². The van der Waals surface area contributed by atoms with E-state index < -0.39 is 9.84 Å². The fourth-order valence-electron chi connectivity index (χ4n) is 2.28. The monoisotopic (exact) mass is 257 g/mol. The summed E-state index contributed by atoms with van der Waals surface area (Å²) in [5, 5.41) is 7.62. The second-order valence-electron chi connectivity index (χ2n) is 5.17. The second kappa shape index (κ2) is 4.10. The molecule has 0 aliphatic carbocycles. The predicted molar refractivity (Wildman–Crippen MR) is 66.5 cm³/mol. The number of aromatic nitrogens is 2. The van der Waals surface area contributed by atoms with Gasteiger partial charge in [0.05, 0.1) is 17.2 Å². The third kappa shape index (κ3) is 2.87. The molecule has 96 valence electrons. The molecule has 1 aliphatic rings. The normalized spacial score (nSPS) is 27.5. The Bertz CT molecular complexity index is 521. The predicted octanol–water partition coefficient (Wildman–Crippen LogP) is 0.395. The average molecular weight is 257 g/mol. The lowest BCUT2D eigenvalue weighted by Gasteiger charge is -2.23. The van der Waals surface area contributed by atoms with E-state index in [1.165, 1.54) is 0 Å². The maximum atomic E-state index is 11.5. The fourth-order valence-corrected chi connectivity index (χ4v) is 4.40. The Morgan fingerprint density at radius 3 is 2.76 bits per heavy atom. The molecule has 0 saturated carbocycles. The average Bonchev–Trinajstić information content (AvgIpc) is 2.65. The van der Waals surface area contributed by atoms with Crippen molar-refractivity contribution in [2.45, 2.75) is 32.4 Å². The molecule has 0 radical (unpaired) electrons. The van der Waals surface area contributed by atoms with Crippen molar-refractivity contribution < 1.29 is 8.42 Å². The number of nitrogens with zero attached hydrogens (tertiary/aromatic N) is 2. The molecule has 1 unspecified atom stereocenters. The second-order valence-corrected chi connectivity index (χ2v) is 7.35. The minimum atomic E-state index is -2.85. The minimum Gasteiger partial charge on any atom is -0.306 e. The van der Waals surface area contributed by atoms with Crippen molar-refractivity contribution in [3.8, 4) is 0 Å². The number of rotatable bonds is 3. The summed E-state index contributed by atoms with van der Waals surface area (Å²) < 4.78 is 24.7. The van der Waals surface area contributed by atoms with Crippen molar-refractivity contribution in [3.05, 3.63) is 17.5 Å². The Morgan fingerprint density at radius 2 is 2.29 bits per heavy atom. The standard InChI is InChI=1S/C11H19N3O2S/c1-9-10(7-14(3)13-9)6-12-11(2)4-5-17(15,16)8-11/h7,12H,4-6,8H2,1-3H3. The quantitative estimate of drug-likeness (QED) is 0.851.